The van der Waals surface area contributed by atoms with Gasteiger partial charge >= 0.3 is 17.3 Å². The fourth-order valence-electron chi connectivity index (χ4n) is 3.84. The molecular weight excluding hydrogens is 404 g/mol. The van der Waals surface area contributed by atoms with Gasteiger partial charge in [-0.05, 0) is 24.5 Å². The van der Waals surface area contributed by atoms with Crippen LogP contribution in [0.4, 0.5) is 22.7 Å². The van der Waals surface area contributed by atoms with Gasteiger partial charge in [-0.15, -0.1) is 0 Å². The third kappa shape index (κ3) is 5.08. The largest absolute Gasteiger partial charge is 0.465 e. The number of carbonyl (C=O) groups is 1. The summed E-state index contributed by atoms with van der Waals surface area (Å²) in [5.41, 5.74) is -1.06. The summed E-state index contributed by atoms with van der Waals surface area (Å²) < 4.78 is 4.68. The molecule has 10 nitrogen and oxygen atoms in total. The molecule has 0 unspecified atom stereocenters. The van der Waals surface area contributed by atoms with Gasteiger partial charge in [0.2, 0.25) is 5.56 Å². The summed E-state index contributed by atoms with van der Waals surface area (Å²) in [6.07, 6.45) is 4.73. The van der Waals surface area contributed by atoms with Crippen molar-refractivity contribution < 1.29 is 19.4 Å². The Hall–Kier alpha value is -3.69. The zero-order valence-electron chi connectivity index (χ0n) is 17.1. The standard InChI is InChI=1S/C21H24N4O6/c1-31-21(26)18-19(24(27)28)16(22-13-14-8-4-2-5-9-14)12-17(20(18)25(29)30)23-15-10-6-3-7-11-15/h2,4-5,8-9,12,15,22-23H,3,6-7,10-11,13H2,1H3. The molecule has 1 fully saturated rings. The van der Waals surface area contributed by atoms with Gasteiger partial charge in [-0.1, -0.05) is 49.6 Å². The van der Waals surface area contributed by atoms with Gasteiger partial charge in [0.05, 0.1) is 17.0 Å². The summed E-state index contributed by atoms with van der Waals surface area (Å²) in [7, 11) is 1.04. The Balaban J connectivity index is 2.12. The van der Waals surface area contributed by atoms with E-state index in [0.717, 1.165) is 44.8 Å². The van der Waals surface area contributed by atoms with Crippen LogP contribution in [0.3, 0.4) is 0 Å². The predicted molar refractivity (Wildman–Crippen MR) is 115 cm³/mol. The molecule has 0 radical (unpaired) electrons. The molecule has 0 aliphatic heterocycles. The summed E-state index contributed by atoms with van der Waals surface area (Å²) in [5, 5.41) is 29.9. The average Bonchev–Trinajstić information content (AvgIpc) is 2.77. The monoisotopic (exact) mass is 428 g/mol. The Bertz CT molecular complexity index is 974. The van der Waals surface area contributed by atoms with Crippen molar-refractivity contribution in [3.05, 3.63) is 67.8 Å². The van der Waals surface area contributed by atoms with E-state index in [1.807, 2.05) is 30.3 Å². The molecule has 0 bridgehead atoms. The smallest absolute Gasteiger partial charge is 0.352 e. The molecule has 1 aliphatic carbocycles. The van der Waals surface area contributed by atoms with Crippen molar-refractivity contribution in [1.82, 2.24) is 0 Å². The lowest BCUT2D eigenvalue weighted by Gasteiger charge is -2.24. The van der Waals surface area contributed by atoms with E-state index < -0.39 is 32.8 Å². The predicted octanol–water partition coefficient (Wildman–Crippen LogP) is 4.65. The maximum Gasteiger partial charge on any atom is 0.352 e. The summed E-state index contributed by atoms with van der Waals surface area (Å²) in [5.74, 6) is -1.13. The number of carbonyl (C=O) groups excluding carboxylic acids is 1. The Morgan fingerprint density at radius 1 is 1.03 bits per heavy atom. The molecule has 3 rings (SSSR count). The first-order chi connectivity index (χ1) is 14.9. The van der Waals surface area contributed by atoms with Gasteiger partial charge < -0.3 is 15.4 Å². The Morgan fingerprint density at radius 3 is 2.23 bits per heavy atom. The Labute approximate surface area is 178 Å². The second kappa shape index (κ2) is 9.88. The fourth-order valence-corrected chi connectivity index (χ4v) is 3.84. The maximum absolute atomic E-state index is 12.4. The van der Waals surface area contributed by atoms with Crippen LogP contribution >= 0.6 is 0 Å². The summed E-state index contributed by atoms with van der Waals surface area (Å²) in [6.45, 7) is 0.239. The highest BCUT2D eigenvalue weighted by atomic mass is 16.6. The molecule has 0 heterocycles. The van der Waals surface area contributed by atoms with Crippen LogP contribution in [-0.2, 0) is 11.3 Å². The number of anilines is 2. The van der Waals surface area contributed by atoms with Crippen LogP contribution in [0.1, 0.15) is 48.0 Å². The van der Waals surface area contributed by atoms with Gasteiger partial charge in [0.15, 0.2) is 0 Å². The first-order valence-electron chi connectivity index (χ1n) is 10.0. The zero-order valence-corrected chi connectivity index (χ0v) is 17.1. The first kappa shape index (κ1) is 22.0. The molecule has 0 saturated heterocycles. The number of benzene rings is 2. The number of hydrogen-bond acceptors (Lipinski definition) is 8. The average molecular weight is 428 g/mol. The first-order valence-corrected chi connectivity index (χ1v) is 10.0. The van der Waals surface area contributed by atoms with Crippen molar-refractivity contribution >= 4 is 28.7 Å². The van der Waals surface area contributed by atoms with E-state index in [9.17, 15) is 25.0 Å². The lowest BCUT2D eigenvalue weighted by molar-refractivity contribution is -0.393. The molecule has 10 heteroatoms. The highest BCUT2D eigenvalue weighted by Gasteiger charge is 2.38. The lowest BCUT2D eigenvalue weighted by Crippen LogP contribution is -2.24. The van der Waals surface area contributed by atoms with Crippen LogP contribution in [0.2, 0.25) is 0 Å². The topological polar surface area (TPSA) is 137 Å². The van der Waals surface area contributed by atoms with Crippen LogP contribution in [0, 0.1) is 20.2 Å². The molecule has 164 valence electrons. The molecule has 2 aromatic carbocycles. The van der Waals surface area contributed by atoms with E-state index in [4.69, 9.17) is 0 Å². The molecule has 0 aromatic heterocycles. The van der Waals surface area contributed by atoms with Crippen LogP contribution in [-0.4, -0.2) is 29.0 Å². The molecule has 2 N–H and O–H groups in total. The van der Waals surface area contributed by atoms with E-state index >= 15 is 0 Å². The van der Waals surface area contributed by atoms with Gasteiger partial charge in [-0.2, -0.15) is 0 Å². The quantitative estimate of drug-likeness (QED) is 0.352. The van der Waals surface area contributed by atoms with Crippen molar-refractivity contribution in [2.75, 3.05) is 17.7 Å². The minimum absolute atomic E-state index is 0.0122. The molecule has 0 amide bonds. The molecular formula is C21H24N4O6. The number of rotatable bonds is 8. The minimum Gasteiger partial charge on any atom is -0.465 e. The Kier molecular flexibility index (Phi) is 7.01. The summed E-state index contributed by atoms with van der Waals surface area (Å²) >= 11 is 0. The van der Waals surface area contributed by atoms with Crippen molar-refractivity contribution in [1.29, 1.82) is 0 Å². The Morgan fingerprint density at radius 2 is 1.65 bits per heavy atom. The van der Waals surface area contributed by atoms with E-state index in [2.05, 4.69) is 15.4 Å². The number of nitrogens with zero attached hydrogens (tertiary/aromatic N) is 2. The molecule has 31 heavy (non-hydrogen) atoms. The third-order valence-corrected chi connectivity index (χ3v) is 5.32. The SMILES string of the molecule is COC(=O)c1c([N+](=O)[O-])c(NCc2ccccc2)cc(NC2CCCCC2)c1[N+](=O)[O-]. The van der Waals surface area contributed by atoms with E-state index in [1.165, 1.54) is 6.07 Å². The van der Waals surface area contributed by atoms with Crippen molar-refractivity contribution in [3.8, 4) is 0 Å². The van der Waals surface area contributed by atoms with Crippen molar-refractivity contribution in [3.63, 3.8) is 0 Å². The normalized spacial score (nSPS) is 14.0. The molecule has 1 saturated carbocycles. The van der Waals surface area contributed by atoms with Gasteiger partial charge in [-0.3, -0.25) is 20.2 Å². The molecule has 1 aliphatic rings. The van der Waals surface area contributed by atoms with Gasteiger partial charge in [0, 0.05) is 12.6 Å². The number of ether oxygens (including phenoxy) is 1. The maximum atomic E-state index is 12.4. The van der Waals surface area contributed by atoms with Gasteiger partial charge in [0.1, 0.15) is 11.4 Å². The summed E-state index contributed by atoms with van der Waals surface area (Å²) in [6, 6.07) is 10.5. The molecule has 0 spiro atoms. The number of nitro groups is 2. The van der Waals surface area contributed by atoms with E-state index in [0.29, 0.717) is 0 Å². The minimum atomic E-state index is -1.13. The third-order valence-electron chi connectivity index (χ3n) is 5.32. The number of methoxy groups -OCH3 is 1. The van der Waals surface area contributed by atoms with Crippen LogP contribution in [0.15, 0.2) is 36.4 Å². The highest BCUT2D eigenvalue weighted by Crippen LogP contribution is 2.43. The van der Waals surface area contributed by atoms with Crippen LogP contribution in [0.5, 0.6) is 0 Å². The second-order valence-electron chi connectivity index (χ2n) is 7.37. The molecule has 2 aromatic rings. The van der Waals surface area contributed by atoms with Crippen molar-refractivity contribution in [2.24, 2.45) is 0 Å². The van der Waals surface area contributed by atoms with Gasteiger partial charge in [0.25, 0.3) is 0 Å². The van der Waals surface area contributed by atoms with E-state index in [-0.39, 0.29) is 24.0 Å². The fraction of sp³-hybridized carbons (Fsp3) is 0.381. The highest BCUT2D eigenvalue weighted by molar-refractivity contribution is 6.04. The number of esters is 1. The number of hydrogen-bond donors (Lipinski definition) is 2. The number of nitro benzene ring substituents is 2. The zero-order chi connectivity index (χ0) is 22.4. The van der Waals surface area contributed by atoms with E-state index in [1.54, 1.807) is 0 Å². The second-order valence-corrected chi connectivity index (χ2v) is 7.37. The van der Waals surface area contributed by atoms with Crippen LogP contribution < -0.4 is 10.6 Å². The lowest BCUT2D eigenvalue weighted by atomic mass is 9.95. The van der Waals surface area contributed by atoms with Crippen molar-refractivity contribution in [2.45, 2.75) is 44.7 Å². The molecule has 0 atom stereocenters. The summed E-state index contributed by atoms with van der Waals surface area (Å²) in [4.78, 5) is 34.6. The van der Waals surface area contributed by atoms with Gasteiger partial charge in [-0.25, -0.2) is 4.79 Å². The number of nitrogens with one attached hydrogen (secondary N) is 2. The van der Waals surface area contributed by atoms with Crippen LogP contribution in [0.25, 0.3) is 0 Å².